The molecule has 0 aliphatic carbocycles. The highest BCUT2D eigenvalue weighted by atomic mass is 16.5. The van der Waals surface area contributed by atoms with Crippen LogP contribution in [0.3, 0.4) is 0 Å². The fraction of sp³-hybridized carbons (Fsp3) is 0.455. The van der Waals surface area contributed by atoms with Crippen molar-refractivity contribution in [1.29, 1.82) is 0 Å². The molecule has 0 aromatic heterocycles. The van der Waals surface area contributed by atoms with Crippen LogP contribution >= 0.6 is 0 Å². The van der Waals surface area contributed by atoms with Crippen LogP contribution in [0.5, 0.6) is 23.0 Å². The molecule has 0 unspecified atom stereocenters. The van der Waals surface area contributed by atoms with E-state index < -0.39 is 0 Å². The molecular formula is C22H28N2O4. The average molecular weight is 384 g/mol. The van der Waals surface area contributed by atoms with Gasteiger partial charge in [0.15, 0.2) is 23.0 Å². The molecule has 2 aromatic rings. The minimum atomic E-state index is 0.0792. The molecule has 2 aromatic carbocycles. The van der Waals surface area contributed by atoms with Crippen LogP contribution in [0.4, 0.5) is 0 Å². The minimum Gasteiger partial charge on any atom is -0.504 e. The summed E-state index contributed by atoms with van der Waals surface area (Å²) < 4.78 is 10.9. The first kappa shape index (κ1) is 18.9. The molecule has 2 aliphatic rings. The maximum absolute atomic E-state index is 11.1. The fourth-order valence-corrected chi connectivity index (χ4v) is 4.46. The predicted octanol–water partition coefficient (Wildman–Crippen LogP) is 2.76. The molecule has 6 nitrogen and oxygen atoms in total. The molecule has 0 saturated heterocycles. The zero-order chi connectivity index (χ0) is 20.0. The van der Waals surface area contributed by atoms with Gasteiger partial charge in [-0.3, -0.25) is 0 Å². The van der Waals surface area contributed by atoms with Gasteiger partial charge in [0.25, 0.3) is 0 Å². The van der Waals surface area contributed by atoms with Gasteiger partial charge in [-0.15, -0.1) is 0 Å². The van der Waals surface area contributed by atoms with Crippen molar-refractivity contribution in [2.75, 3.05) is 41.4 Å². The van der Waals surface area contributed by atoms with E-state index in [4.69, 9.17) is 9.47 Å². The number of ether oxygens (including phenoxy) is 2. The van der Waals surface area contributed by atoms with E-state index in [0.717, 1.165) is 48.2 Å². The van der Waals surface area contributed by atoms with Crippen LogP contribution in [0.2, 0.25) is 0 Å². The fourth-order valence-electron chi connectivity index (χ4n) is 4.46. The molecule has 2 N–H and O–H groups in total. The molecule has 6 heteroatoms. The Bertz CT molecular complexity index is 850. The van der Waals surface area contributed by atoms with Crippen LogP contribution in [0.1, 0.15) is 22.3 Å². The van der Waals surface area contributed by atoms with E-state index in [1.807, 2.05) is 12.1 Å². The Hall–Kier alpha value is -2.44. The summed E-state index contributed by atoms with van der Waals surface area (Å²) in [5, 5.41) is 22.3. The quantitative estimate of drug-likeness (QED) is 0.848. The minimum absolute atomic E-state index is 0.0792. The lowest BCUT2D eigenvalue weighted by Gasteiger charge is -2.32. The first-order valence-corrected chi connectivity index (χ1v) is 9.65. The van der Waals surface area contributed by atoms with Gasteiger partial charge in [-0.1, -0.05) is 0 Å². The third-order valence-electron chi connectivity index (χ3n) is 6.00. The number of fused-ring (bicyclic) bond motifs is 2. The lowest BCUT2D eigenvalue weighted by atomic mass is 9.84. The molecule has 2 aliphatic heterocycles. The second kappa shape index (κ2) is 7.18. The normalized spacial score (nSPS) is 17.1. The first-order valence-electron chi connectivity index (χ1n) is 9.65. The number of methoxy groups -OCH3 is 2. The maximum Gasteiger partial charge on any atom is 0.166 e. The summed E-state index contributed by atoms with van der Waals surface area (Å²) in [6, 6.07) is 3.86. The Balaban J connectivity index is 2.07. The van der Waals surface area contributed by atoms with Crippen molar-refractivity contribution in [3.8, 4) is 34.1 Å². The number of aromatic hydroxyl groups is 2. The predicted molar refractivity (Wildman–Crippen MR) is 108 cm³/mol. The molecule has 0 fully saturated rings. The summed E-state index contributed by atoms with van der Waals surface area (Å²) in [5.41, 5.74) is 5.75. The summed E-state index contributed by atoms with van der Waals surface area (Å²) in [5.74, 6) is 1.04. The van der Waals surface area contributed by atoms with Gasteiger partial charge in [0.05, 0.1) is 14.2 Å². The van der Waals surface area contributed by atoms with Crippen molar-refractivity contribution < 1.29 is 19.7 Å². The Morgan fingerprint density at radius 1 is 0.750 bits per heavy atom. The highest BCUT2D eigenvalue weighted by molar-refractivity contribution is 5.87. The number of hydrogen-bond acceptors (Lipinski definition) is 6. The maximum atomic E-state index is 11.1. The van der Waals surface area contributed by atoms with Crippen molar-refractivity contribution in [3.63, 3.8) is 0 Å². The van der Waals surface area contributed by atoms with Crippen molar-refractivity contribution in [1.82, 2.24) is 9.80 Å². The third kappa shape index (κ3) is 2.97. The molecule has 2 heterocycles. The van der Waals surface area contributed by atoms with E-state index in [-0.39, 0.29) is 11.5 Å². The largest absolute Gasteiger partial charge is 0.504 e. The van der Waals surface area contributed by atoms with Gasteiger partial charge in [-0.25, -0.2) is 0 Å². The number of rotatable bonds is 3. The van der Waals surface area contributed by atoms with Crippen molar-refractivity contribution in [2.45, 2.75) is 25.9 Å². The van der Waals surface area contributed by atoms with E-state index in [2.05, 4.69) is 23.9 Å². The molecule has 0 spiro atoms. The number of phenols is 2. The van der Waals surface area contributed by atoms with Gasteiger partial charge in [0.2, 0.25) is 0 Å². The van der Waals surface area contributed by atoms with Crippen molar-refractivity contribution in [3.05, 3.63) is 34.4 Å². The number of phenolic OH excluding ortho intramolecular Hbond substituents is 2. The van der Waals surface area contributed by atoms with Crippen LogP contribution in [0.25, 0.3) is 11.1 Å². The standard InChI is InChI=1S/C22H28N2O4/c1-23-7-5-13-9-17(27-3)21(25)19(15(13)11-23)20-16-12-24(2)8-6-14(16)10-18(28-4)22(20)26/h9-10,25-26H,5-8,11-12H2,1-4H3. The Morgan fingerprint density at radius 2 is 1.14 bits per heavy atom. The molecule has 150 valence electrons. The van der Waals surface area contributed by atoms with E-state index in [9.17, 15) is 10.2 Å². The number of benzene rings is 2. The third-order valence-corrected chi connectivity index (χ3v) is 6.00. The van der Waals surface area contributed by atoms with E-state index in [1.165, 1.54) is 0 Å². The van der Waals surface area contributed by atoms with Gasteiger partial charge in [-0.05, 0) is 61.3 Å². The van der Waals surface area contributed by atoms with Crippen LogP contribution < -0.4 is 9.47 Å². The summed E-state index contributed by atoms with van der Waals surface area (Å²) in [7, 11) is 7.27. The molecule has 0 saturated carbocycles. The van der Waals surface area contributed by atoms with Crippen molar-refractivity contribution >= 4 is 0 Å². The number of nitrogens with zero attached hydrogens (tertiary/aromatic N) is 2. The van der Waals surface area contributed by atoms with Gasteiger partial charge in [0, 0.05) is 37.3 Å². The second-order valence-corrected chi connectivity index (χ2v) is 7.86. The monoisotopic (exact) mass is 384 g/mol. The van der Waals surface area contributed by atoms with E-state index in [0.29, 0.717) is 35.7 Å². The second-order valence-electron chi connectivity index (χ2n) is 7.86. The summed E-state index contributed by atoms with van der Waals surface area (Å²) in [6.07, 6.45) is 1.75. The van der Waals surface area contributed by atoms with Crippen molar-refractivity contribution in [2.24, 2.45) is 0 Å². The molecule has 0 radical (unpaired) electrons. The SMILES string of the molecule is COc1cc2c(c(-c3c(O)c(OC)cc4c3CN(C)CC4)c1O)CN(C)CC2. The molecule has 0 bridgehead atoms. The van der Waals surface area contributed by atoms with E-state index in [1.54, 1.807) is 14.2 Å². The highest BCUT2D eigenvalue weighted by Gasteiger charge is 2.30. The van der Waals surface area contributed by atoms with Gasteiger partial charge >= 0.3 is 0 Å². The topological polar surface area (TPSA) is 65.4 Å². The van der Waals surface area contributed by atoms with Gasteiger partial charge < -0.3 is 29.5 Å². The molecule has 0 atom stereocenters. The van der Waals surface area contributed by atoms with Gasteiger partial charge in [-0.2, -0.15) is 0 Å². The molecular weight excluding hydrogens is 356 g/mol. The summed E-state index contributed by atoms with van der Waals surface area (Å²) in [4.78, 5) is 4.46. The molecule has 28 heavy (non-hydrogen) atoms. The lowest BCUT2D eigenvalue weighted by Crippen LogP contribution is -2.28. The van der Waals surface area contributed by atoms with Crippen LogP contribution in [-0.4, -0.2) is 61.4 Å². The summed E-state index contributed by atoms with van der Waals surface area (Å²) >= 11 is 0. The Morgan fingerprint density at radius 3 is 1.50 bits per heavy atom. The molecule has 0 amide bonds. The van der Waals surface area contributed by atoms with Crippen LogP contribution in [0, 0.1) is 0 Å². The summed E-state index contributed by atoms with van der Waals surface area (Å²) in [6.45, 7) is 3.32. The number of hydrogen-bond donors (Lipinski definition) is 2. The zero-order valence-electron chi connectivity index (χ0n) is 17.0. The zero-order valence-corrected chi connectivity index (χ0v) is 17.0. The van der Waals surface area contributed by atoms with Crippen LogP contribution in [0.15, 0.2) is 12.1 Å². The number of likely N-dealkylation sites (N-methyl/N-ethyl adjacent to an activating group) is 2. The molecule has 4 rings (SSSR count). The Kier molecular flexibility index (Phi) is 4.85. The van der Waals surface area contributed by atoms with E-state index >= 15 is 0 Å². The van der Waals surface area contributed by atoms with Crippen LogP contribution in [-0.2, 0) is 25.9 Å². The Labute approximate surface area is 165 Å². The smallest absolute Gasteiger partial charge is 0.166 e. The highest BCUT2D eigenvalue weighted by Crippen LogP contribution is 2.51. The lowest BCUT2D eigenvalue weighted by molar-refractivity contribution is 0.307. The van der Waals surface area contributed by atoms with Gasteiger partial charge in [0.1, 0.15) is 0 Å². The average Bonchev–Trinajstić information content (AvgIpc) is 2.68. The first-order chi connectivity index (χ1) is 13.4.